The Bertz CT molecular complexity index is 941. The van der Waals surface area contributed by atoms with Crippen molar-refractivity contribution in [3.8, 4) is 0 Å². The summed E-state index contributed by atoms with van der Waals surface area (Å²) in [4.78, 5) is 21.3. The fourth-order valence-corrected chi connectivity index (χ4v) is 3.04. The number of hydrogen-bond donors (Lipinski definition) is 2. The van der Waals surface area contributed by atoms with Crippen LogP contribution in [0.15, 0.2) is 35.6 Å². The van der Waals surface area contributed by atoms with Crippen molar-refractivity contribution in [3.05, 3.63) is 41.0 Å². The minimum Gasteiger partial charge on any atom is -0.367 e. The lowest BCUT2D eigenvalue weighted by Gasteiger charge is -2.11. The average molecular weight is 405 g/mol. The zero-order chi connectivity index (χ0) is 19.4. The van der Waals surface area contributed by atoms with E-state index in [0.29, 0.717) is 28.8 Å². The molecule has 0 fully saturated rings. The molecular formula is C18H21ClN6OS. The molecule has 142 valence electrons. The van der Waals surface area contributed by atoms with Crippen LogP contribution < -0.4 is 10.6 Å². The van der Waals surface area contributed by atoms with E-state index in [1.54, 1.807) is 35.1 Å². The van der Waals surface area contributed by atoms with E-state index in [4.69, 9.17) is 11.6 Å². The number of benzene rings is 1. The molecule has 1 aromatic carbocycles. The van der Waals surface area contributed by atoms with Gasteiger partial charge in [0.15, 0.2) is 10.8 Å². The lowest BCUT2D eigenvalue weighted by Crippen LogP contribution is -2.27. The van der Waals surface area contributed by atoms with Crippen molar-refractivity contribution in [2.75, 3.05) is 18.1 Å². The van der Waals surface area contributed by atoms with Gasteiger partial charge >= 0.3 is 0 Å². The van der Waals surface area contributed by atoms with Crippen molar-refractivity contribution in [3.63, 3.8) is 0 Å². The van der Waals surface area contributed by atoms with Crippen molar-refractivity contribution < 1.29 is 4.79 Å². The van der Waals surface area contributed by atoms with Gasteiger partial charge in [0.25, 0.3) is 5.91 Å². The Morgan fingerprint density at radius 1 is 1.26 bits per heavy atom. The number of carbonyl (C=O) groups excluding carboxylic acids is 1. The summed E-state index contributed by atoms with van der Waals surface area (Å²) in [6, 6.07) is 7.04. The third kappa shape index (κ3) is 4.70. The van der Waals surface area contributed by atoms with E-state index in [1.165, 1.54) is 11.8 Å². The van der Waals surface area contributed by atoms with Gasteiger partial charge in [-0.2, -0.15) is 5.10 Å². The largest absolute Gasteiger partial charge is 0.367 e. The maximum Gasteiger partial charge on any atom is 0.251 e. The Balaban J connectivity index is 1.73. The molecule has 0 bridgehead atoms. The zero-order valence-corrected chi connectivity index (χ0v) is 16.9. The van der Waals surface area contributed by atoms with E-state index in [-0.39, 0.29) is 11.9 Å². The number of amides is 1. The Morgan fingerprint density at radius 2 is 2.00 bits per heavy atom. The fourth-order valence-electron chi connectivity index (χ4n) is 2.55. The quantitative estimate of drug-likeness (QED) is 0.463. The number of halogens is 1. The number of hydrogen-bond acceptors (Lipinski definition) is 6. The average Bonchev–Trinajstić information content (AvgIpc) is 3.05. The molecule has 3 rings (SSSR count). The van der Waals surface area contributed by atoms with Crippen molar-refractivity contribution in [1.82, 2.24) is 25.1 Å². The lowest BCUT2D eigenvalue weighted by atomic mass is 10.2. The Hall–Kier alpha value is -2.32. The van der Waals surface area contributed by atoms with Gasteiger partial charge in [-0.1, -0.05) is 23.4 Å². The molecule has 0 spiro atoms. The monoisotopic (exact) mass is 404 g/mol. The van der Waals surface area contributed by atoms with Crippen molar-refractivity contribution in [2.24, 2.45) is 0 Å². The number of thioether (sulfide) groups is 1. The van der Waals surface area contributed by atoms with Gasteiger partial charge in [-0.05, 0) is 44.4 Å². The maximum absolute atomic E-state index is 12.2. The topological polar surface area (TPSA) is 84.7 Å². The molecule has 27 heavy (non-hydrogen) atoms. The molecular weight excluding hydrogens is 384 g/mol. The molecule has 0 saturated heterocycles. The highest BCUT2D eigenvalue weighted by Gasteiger charge is 2.14. The van der Waals surface area contributed by atoms with Gasteiger partial charge in [0.1, 0.15) is 5.82 Å². The molecule has 0 unspecified atom stereocenters. The second-order valence-electron chi connectivity index (χ2n) is 6.23. The Labute approximate surface area is 166 Å². The summed E-state index contributed by atoms with van der Waals surface area (Å²) in [6.45, 7) is 5.06. The van der Waals surface area contributed by atoms with Gasteiger partial charge in [0.2, 0.25) is 0 Å². The number of fused-ring (bicyclic) bond motifs is 1. The molecule has 0 radical (unpaired) electrons. The minimum atomic E-state index is -0.148. The van der Waals surface area contributed by atoms with Crippen LogP contribution in [0, 0.1) is 0 Å². The first-order chi connectivity index (χ1) is 13.0. The number of anilines is 1. The van der Waals surface area contributed by atoms with E-state index < -0.39 is 0 Å². The third-order valence-electron chi connectivity index (χ3n) is 3.80. The molecule has 9 heteroatoms. The molecule has 0 saturated carbocycles. The predicted octanol–water partition coefficient (Wildman–Crippen LogP) is 3.45. The van der Waals surface area contributed by atoms with Crippen molar-refractivity contribution in [1.29, 1.82) is 0 Å². The standard InChI is InChI=1S/C18H21ClN6OS/c1-11(2)22-15-14-10-21-25(16(14)24-18(23-15)27-3)9-8-20-17(26)12-4-6-13(19)7-5-12/h4-7,10-11H,8-9H2,1-3H3,(H,20,26)(H,22,23,24). The van der Waals surface area contributed by atoms with Crippen LogP contribution in [0.5, 0.6) is 0 Å². The van der Waals surface area contributed by atoms with Crippen LogP contribution >= 0.6 is 23.4 Å². The van der Waals surface area contributed by atoms with E-state index in [1.807, 2.05) is 6.26 Å². The number of nitrogens with zero attached hydrogens (tertiary/aromatic N) is 4. The summed E-state index contributed by atoms with van der Waals surface area (Å²) >= 11 is 7.33. The highest BCUT2D eigenvalue weighted by molar-refractivity contribution is 7.98. The maximum atomic E-state index is 12.2. The second-order valence-corrected chi connectivity index (χ2v) is 7.44. The summed E-state index contributed by atoms with van der Waals surface area (Å²) in [5.74, 6) is 0.625. The summed E-state index contributed by atoms with van der Waals surface area (Å²) in [6.07, 6.45) is 3.69. The molecule has 3 aromatic rings. The third-order valence-corrected chi connectivity index (χ3v) is 4.60. The van der Waals surface area contributed by atoms with Gasteiger partial charge in [-0.3, -0.25) is 4.79 Å². The highest BCUT2D eigenvalue weighted by Crippen LogP contribution is 2.23. The Kier molecular flexibility index (Phi) is 6.18. The Morgan fingerprint density at radius 3 is 2.67 bits per heavy atom. The van der Waals surface area contributed by atoms with Gasteiger partial charge < -0.3 is 10.6 Å². The van der Waals surface area contributed by atoms with Crippen LogP contribution in [0.25, 0.3) is 11.0 Å². The number of aromatic nitrogens is 4. The van der Waals surface area contributed by atoms with Gasteiger partial charge in [0.05, 0.1) is 18.1 Å². The number of rotatable bonds is 7. The first-order valence-electron chi connectivity index (χ1n) is 8.55. The molecule has 2 N–H and O–H groups in total. The molecule has 0 aliphatic rings. The highest BCUT2D eigenvalue weighted by atomic mass is 35.5. The zero-order valence-electron chi connectivity index (χ0n) is 15.4. The molecule has 7 nitrogen and oxygen atoms in total. The van der Waals surface area contributed by atoms with Crippen LogP contribution in [0.4, 0.5) is 5.82 Å². The SMILES string of the molecule is CSc1nc(NC(C)C)c2cnn(CCNC(=O)c3ccc(Cl)cc3)c2n1. The van der Waals surface area contributed by atoms with E-state index in [2.05, 4.69) is 39.5 Å². The van der Waals surface area contributed by atoms with Crippen LogP contribution in [0.3, 0.4) is 0 Å². The molecule has 0 atom stereocenters. The van der Waals surface area contributed by atoms with Crippen molar-refractivity contribution in [2.45, 2.75) is 31.6 Å². The normalized spacial score (nSPS) is 11.1. The summed E-state index contributed by atoms with van der Waals surface area (Å²) in [5.41, 5.74) is 1.32. The fraction of sp³-hybridized carbons (Fsp3) is 0.333. The molecule has 1 amide bonds. The van der Waals surface area contributed by atoms with Crippen LogP contribution in [0.2, 0.25) is 5.02 Å². The van der Waals surface area contributed by atoms with E-state index >= 15 is 0 Å². The van der Waals surface area contributed by atoms with Crippen LogP contribution in [0.1, 0.15) is 24.2 Å². The summed E-state index contributed by atoms with van der Waals surface area (Å²) in [7, 11) is 0. The molecule has 0 aliphatic heterocycles. The molecule has 2 heterocycles. The molecule has 0 aliphatic carbocycles. The lowest BCUT2D eigenvalue weighted by molar-refractivity contribution is 0.0952. The first-order valence-corrected chi connectivity index (χ1v) is 10.2. The van der Waals surface area contributed by atoms with Gasteiger partial charge in [0, 0.05) is 23.2 Å². The summed E-state index contributed by atoms with van der Waals surface area (Å²) < 4.78 is 1.78. The smallest absolute Gasteiger partial charge is 0.251 e. The first kappa shape index (κ1) is 19.4. The number of carbonyl (C=O) groups is 1. The van der Waals surface area contributed by atoms with Gasteiger partial charge in [-0.25, -0.2) is 14.6 Å². The van der Waals surface area contributed by atoms with E-state index in [0.717, 1.165) is 16.9 Å². The van der Waals surface area contributed by atoms with Crippen LogP contribution in [-0.4, -0.2) is 44.5 Å². The van der Waals surface area contributed by atoms with Crippen molar-refractivity contribution >= 4 is 46.1 Å². The van der Waals surface area contributed by atoms with E-state index in [9.17, 15) is 4.79 Å². The number of nitrogens with one attached hydrogen (secondary N) is 2. The van der Waals surface area contributed by atoms with Crippen LogP contribution in [-0.2, 0) is 6.54 Å². The van der Waals surface area contributed by atoms with Gasteiger partial charge in [-0.15, -0.1) is 0 Å². The minimum absolute atomic E-state index is 0.148. The second kappa shape index (κ2) is 8.58. The predicted molar refractivity (Wildman–Crippen MR) is 110 cm³/mol. The molecule has 2 aromatic heterocycles. The summed E-state index contributed by atoms with van der Waals surface area (Å²) in [5, 5.41) is 12.8.